The molecule has 2 aromatic carbocycles. The third kappa shape index (κ3) is 2.77. The van der Waals surface area contributed by atoms with Crippen molar-refractivity contribution in [3.05, 3.63) is 93.6 Å². The van der Waals surface area contributed by atoms with Crippen LogP contribution in [0.3, 0.4) is 0 Å². The van der Waals surface area contributed by atoms with Crippen LogP contribution in [-0.4, -0.2) is 11.6 Å². The minimum absolute atomic E-state index is 0.0905. The van der Waals surface area contributed by atoms with Crippen molar-refractivity contribution in [2.24, 2.45) is 11.8 Å². The SMILES string of the molecule is O=C1C=CC(=O)C2C1CC=C1CCc3c4ccc(c3C12)CCc1ccc(cc1)CC4. The van der Waals surface area contributed by atoms with Crippen molar-refractivity contribution < 1.29 is 9.59 Å². The Hall–Kier alpha value is -2.74. The summed E-state index contributed by atoms with van der Waals surface area (Å²) in [6.07, 6.45) is 12.2. The van der Waals surface area contributed by atoms with Gasteiger partial charge in [0.05, 0.1) is 0 Å². The molecule has 0 spiro atoms. The predicted octanol–water partition coefficient (Wildman–Crippen LogP) is 4.87. The van der Waals surface area contributed by atoms with E-state index < -0.39 is 0 Å². The summed E-state index contributed by atoms with van der Waals surface area (Å²) in [7, 11) is 0. The minimum Gasteiger partial charge on any atom is -0.295 e. The molecule has 0 radical (unpaired) electrons. The highest BCUT2D eigenvalue weighted by Crippen LogP contribution is 2.51. The van der Waals surface area contributed by atoms with Crippen molar-refractivity contribution in [3.63, 3.8) is 0 Å². The lowest BCUT2D eigenvalue weighted by molar-refractivity contribution is -0.129. The first-order chi connectivity index (χ1) is 14.7. The van der Waals surface area contributed by atoms with Crippen molar-refractivity contribution in [1.29, 1.82) is 0 Å². The number of rotatable bonds is 0. The zero-order valence-corrected chi connectivity index (χ0v) is 17.2. The summed E-state index contributed by atoms with van der Waals surface area (Å²) in [5.41, 5.74) is 9.84. The van der Waals surface area contributed by atoms with Crippen LogP contribution in [0.1, 0.15) is 52.1 Å². The molecule has 7 aliphatic rings. The fourth-order valence-corrected chi connectivity index (χ4v) is 6.29. The van der Waals surface area contributed by atoms with Crippen LogP contribution in [0.15, 0.2) is 60.2 Å². The highest BCUT2D eigenvalue weighted by Gasteiger charge is 2.46. The lowest BCUT2D eigenvalue weighted by Crippen LogP contribution is -2.41. The topological polar surface area (TPSA) is 34.1 Å². The molecular formula is C28H26O2. The summed E-state index contributed by atoms with van der Waals surface area (Å²) >= 11 is 0. The Morgan fingerprint density at radius 3 is 2.10 bits per heavy atom. The number of aryl methyl sites for hydroxylation is 4. The number of ketones is 2. The van der Waals surface area contributed by atoms with Gasteiger partial charge in [-0.15, -0.1) is 0 Å². The Kier molecular flexibility index (Phi) is 4.16. The van der Waals surface area contributed by atoms with Gasteiger partial charge in [-0.2, -0.15) is 0 Å². The van der Waals surface area contributed by atoms with E-state index in [1.807, 2.05) is 0 Å². The van der Waals surface area contributed by atoms with Crippen LogP contribution in [0.4, 0.5) is 0 Å². The zero-order chi connectivity index (χ0) is 20.2. The molecule has 4 bridgehead atoms. The van der Waals surface area contributed by atoms with Gasteiger partial charge < -0.3 is 0 Å². The fraction of sp³-hybridized carbons (Fsp3) is 0.357. The molecule has 0 saturated carbocycles. The molecule has 0 heterocycles. The monoisotopic (exact) mass is 394 g/mol. The summed E-state index contributed by atoms with van der Waals surface area (Å²) in [6, 6.07) is 13.8. The second-order valence-corrected chi connectivity index (χ2v) is 9.36. The molecule has 0 N–H and O–H groups in total. The molecule has 0 amide bonds. The molecule has 3 atom stereocenters. The summed E-state index contributed by atoms with van der Waals surface area (Å²) in [5.74, 6) is -0.0112. The van der Waals surface area contributed by atoms with Crippen LogP contribution >= 0.6 is 0 Å². The first kappa shape index (κ1) is 18.1. The van der Waals surface area contributed by atoms with E-state index in [4.69, 9.17) is 0 Å². The maximum atomic E-state index is 13.0. The molecule has 0 aliphatic heterocycles. The van der Waals surface area contributed by atoms with Crippen LogP contribution in [-0.2, 0) is 41.7 Å². The molecule has 30 heavy (non-hydrogen) atoms. The van der Waals surface area contributed by atoms with Gasteiger partial charge in [0, 0.05) is 17.8 Å². The molecule has 0 fully saturated rings. The smallest absolute Gasteiger partial charge is 0.160 e. The molecule has 7 aliphatic carbocycles. The van der Waals surface area contributed by atoms with Gasteiger partial charge in [0.15, 0.2) is 11.6 Å². The molecule has 3 unspecified atom stereocenters. The van der Waals surface area contributed by atoms with Gasteiger partial charge in [0.2, 0.25) is 0 Å². The Morgan fingerprint density at radius 2 is 1.33 bits per heavy atom. The third-order valence-corrected chi connectivity index (χ3v) is 7.84. The van der Waals surface area contributed by atoms with Crippen molar-refractivity contribution in [1.82, 2.24) is 0 Å². The van der Waals surface area contributed by atoms with E-state index in [1.165, 1.54) is 45.0 Å². The lowest BCUT2D eigenvalue weighted by Gasteiger charge is -2.42. The van der Waals surface area contributed by atoms with Crippen LogP contribution < -0.4 is 0 Å². The van der Waals surface area contributed by atoms with Gasteiger partial charge in [0.1, 0.15) is 0 Å². The first-order valence-electron chi connectivity index (χ1n) is 11.3. The summed E-state index contributed by atoms with van der Waals surface area (Å²) in [4.78, 5) is 25.7. The molecule has 0 saturated heterocycles. The molecular weight excluding hydrogens is 368 g/mol. The van der Waals surface area contributed by atoms with E-state index in [1.54, 1.807) is 6.08 Å². The Bertz CT molecular complexity index is 1120. The third-order valence-electron chi connectivity index (χ3n) is 7.84. The van der Waals surface area contributed by atoms with Crippen molar-refractivity contribution in [2.75, 3.05) is 0 Å². The number of allylic oxidation sites excluding steroid dienone is 4. The summed E-state index contributed by atoms with van der Waals surface area (Å²) in [5, 5.41) is 0. The maximum absolute atomic E-state index is 13.0. The van der Waals surface area contributed by atoms with Crippen molar-refractivity contribution in [2.45, 2.75) is 50.9 Å². The van der Waals surface area contributed by atoms with Gasteiger partial charge in [-0.1, -0.05) is 48.0 Å². The molecule has 2 nitrogen and oxygen atoms in total. The van der Waals surface area contributed by atoms with E-state index in [9.17, 15) is 9.59 Å². The van der Waals surface area contributed by atoms with E-state index in [2.05, 4.69) is 42.5 Å². The quantitative estimate of drug-likeness (QED) is 0.598. The van der Waals surface area contributed by atoms with Crippen LogP contribution in [0.25, 0.3) is 0 Å². The summed E-state index contributed by atoms with van der Waals surface area (Å²) in [6.45, 7) is 0. The van der Waals surface area contributed by atoms with Gasteiger partial charge in [0.25, 0.3) is 0 Å². The number of fused-ring (bicyclic) bond motifs is 3. The van der Waals surface area contributed by atoms with Crippen molar-refractivity contribution in [3.8, 4) is 0 Å². The van der Waals surface area contributed by atoms with Gasteiger partial charge >= 0.3 is 0 Å². The zero-order valence-electron chi connectivity index (χ0n) is 17.2. The number of carbonyl (C=O) groups is 2. The second kappa shape index (κ2) is 6.91. The van der Waals surface area contributed by atoms with E-state index in [0.717, 1.165) is 44.9 Å². The van der Waals surface area contributed by atoms with E-state index in [0.29, 0.717) is 0 Å². The maximum Gasteiger partial charge on any atom is 0.160 e. The predicted molar refractivity (Wildman–Crippen MR) is 118 cm³/mol. The number of hydrogen-bond donors (Lipinski definition) is 0. The Labute approximate surface area is 177 Å². The molecule has 9 rings (SSSR count). The highest BCUT2D eigenvalue weighted by molar-refractivity contribution is 6.08. The van der Waals surface area contributed by atoms with Gasteiger partial charge in [-0.25, -0.2) is 0 Å². The Balaban J connectivity index is 1.52. The van der Waals surface area contributed by atoms with Crippen LogP contribution in [0.2, 0.25) is 0 Å². The summed E-state index contributed by atoms with van der Waals surface area (Å²) < 4.78 is 0. The number of benzene rings is 2. The molecule has 0 aromatic heterocycles. The van der Waals surface area contributed by atoms with E-state index >= 15 is 0 Å². The average molecular weight is 395 g/mol. The Morgan fingerprint density at radius 1 is 0.667 bits per heavy atom. The number of carbonyl (C=O) groups excluding carboxylic acids is 2. The standard InChI is InChI=1S/C28H26O2/c29-24-15-16-25(30)28-23(24)14-12-21-11-13-22-19-7-5-17-1-3-18(4-2-17)6-8-20(10-9-19)26(22)27(21)28/h1-4,9-10,12,15-16,23,27-28H,5-8,11,13-14H2. The largest absolute Gasteiger partial charge is 0.295 e. The van der Waals surface area contributed by atoms with E-state index in [-0.39, 0.29) is 29.3 Å². The average Bonchev–Trinajstić information content (AvgIpc) is 2.77. The number of hydrogen-bond acceptors (Lipinski definition) is 2. The second-order valence-electron chi connectivity index (χ2n) is 9.36. The molecule has 2 aromatic rings. The van der Waals surface area contributed by atoms with Crippen molar-refractivity contribution >= 4 is 11.6 Å². The molecule has 2 heteroatoms. The van der Waals surface area contributed by atoms with Gasteiger partial charge in [-0.05, 0) is 90.5 Å². The van der Waals surface area contributed by atoms with Crippen LogP contribution in [0.5, 0.6) is 0 Å². The fourth-order valence-electron chi connectivity index (χ4n) is 6.29. The minimum atomic E-state index is -0.207. The first-order valence-corrected chi connectivity index (χ1v) is 11.3. The van der Waals surface area contributed by atoms with Gasteiger partial charge in [-0.3, -0.25) is 9.59 Å². The van der Waals surface area contributed by atoms with Crippen LogP contribution in [0, 0.1) is 11.8 Å². The normalized spacial score (nSPS) is 26.9. The lowest BCUT2D eigenvalue weighted by atomic mass is 9.59. The molecule has 150 valence electrons. The highest BCUT2D eigenvalue weighted by atomic mass is 16.1.